The van der Waals surface area contributed by atoms with E-state index in [2.05, 4.69) is 108 Å². The first kappa shape index (κ1) is 34.1. The van der Waals surface area contributed by atoms with E-state index in [4.69, 9.17) is 19.8 Å². The minimum atomic E-state index is 0.125. The summed E-state index contributed by atoms with van der Waals surface area (Å²) >= 11 is 1.81. The molecule has 270 valence electrons. The summed E-state index contributed by atoms with van der Waals surface area (Å²) in [4.78, 5) is 9.64. The average Bonchev–Trinajstić information content (AvgIpc) is 3.84. The largest absolute Gasteiger partial charge is 0.455 e. The van der Waals surface area contributed by atoms with Crippen molar-refractivity contribution in [2.45, 2.75) is 0 Å². The second-order valence-corrected chi connectivity index (χ2v) is 14.9. The van der Waals surface area contributed by atoms with Crippen molar-refractivity contribution in [1.29, 1.82) is 5.41 Å². The van der Waals surface area contributed by atoms with Gasteiger partial charge in [-0.25, -0.2) is 9.98 Å². The van der Waals surface area contributed by atoms with Gasteiger partial charge >= 0.3 is 0 Å². The van der Waals surface area contributed by atoms with E-state index in [1.54, 1.807) is 6.21 Å². The van der Waals surface area contributed by atoms with Crippen LogP contribution in [0, 0.1) is 5.41 Å². The van der Waals surface area contributed by atoms with E-state index in [9.17, 15) is 0 Å². The van der Waals surface area contributed by atoms with Crippen LogP contribution in [-0.4, -0.2) is 17.9 Å². The molecule has 6 heteroatoms. The van der Waals surface area contributed by atoms with Crippen LogP contribution in [0.1, 0.15) is 16.7 Å². The summed E-state index contributed by atoms with van der Waals surface area (Å²) in [6.45, 7) is 0. The van der Waals surface area contributed by atoms with E-state index in [0.29, 0.717) is 17.0 Å². The van der Waals surface area contributed by atoms with Gasteiger partial charge in [0, 0.05) is 59.7 Å². The Morgan fingerprint density at radius 1 is 0.579 bits per heavy atom. The third-order valence-corrected chi connectivity index (χ3v) is 11.4. The Morgan fingerprint density at radius 2 is 1.26 bits per heavy atom. The minimum Gasteiger partial charge on any atom is -0.455 e. The van der Waals surface area contributed by atoms with Crippen molar-refractivity contribution in [3.8, 4) is 22.3 Å². The van der Waals surface area contributed by atoms with Gasteiger partial charge in [-0.3, -0.25) is 5.41 Å². The Hall–Kier alpha value is -7.41. The van der Waals surface area contributed by atoms with Gasteiger partial charge in [0.05, 0.1) is 5.56 Å². The summed E-state index contributed by atoms with van der Waals surface area (Å²) in [7, 11) is 0. The van der Waals surface area contributed by atoms with Crippen LogP contribution in [0.3, 0.4) is 0 Å². The van der Waals surface area contributed by atoms with Crippen molar-refractivity contribution < 1.29 is 4.42 Å². The summed E-state index contributed by atoms with van der Waals surface area (Å²) < 4.78 is 9.17. The maximum absolute atomic E-state index is 8.88. The zero-order chi connectivity index (χ0) is 38.1. The molecule has 0 unspecified atom stereocenters. The molecule has 0 aliphatic rings. The predicted octanol–water partition coefficient (Wildman–Crippen LogP) is 13.9. The zero-order valence-electron chi connectivity index (χ0n) is 30.7. The molecule has 2 aromatic heterocycles. The lowest BCUT2D eigenvalue weighted by Crippen LogP contribution is -2.05. The van der Waals surface area contributed by atoms with E-state index >= 15 is 0 Å². The molecule has 0 saturated carbocycles. The van der Waals surface area contributed by atoms with E-state index in [-0.39, 0.29) is 5.84 Å². The topological polar surface area (TPSA) is 73.7 Å². The molecule has 10 aromatic rings. The second-order valence-electron chi connectivity index (χ2n) is 13.8. The lowest BCUT2D eigenvalue weighted by atomic mass is 9.97. The van der Waals surface area contributed by atoms with E-state index < -0.39 is 0 Å². The molecule has 0 amide bonds. The summed E-state index contributed by atoms with van der Waals surface area (Å²) in [6.07, 6.45) is 1.79. The third-order valence-electron chi connectivity index (χ3n) is 10.2. The molecule has 0 aliphatic heterocycles. The van der Waals surface area contributed by atoms with Gasteiger partial charge in [-0.05, 0) is 70.8 Å². The lowest BCUT2D eigenvalue weighted by molar-refractivity contribution is 0.668. The number of furan rings is 1. The number of nitrogens with zero attached hydrogens (tertiary/aromatic N) is 2. The molecule has 0 spiro atoms. The maximum Gasteiger partial charge on any atom is 0.165 e. The number of aliphatic imine (C=N–C) groups is 2. The number of para-hydroxylation sites is 2. The number of anilines is 2. The summed E-state index contributed by atoms with van der Waals surface area (Å²) in [5, 5.41) is 17.0. The molecule has 57 heavy (non-hydrogen) atoms. The Balaban J connectivity index is 1.07. The molecular formula is C51H34N4OS. The molecule has 0 fully saturated rings. The highest BCUT2D eigenvalue weighted by molar-refractivity contribution is 7.25. The highest BCUT2D eigenvalue weighted by Gasteiger charge is 2.19. The smallest absolute Gasteiger partial charge is 0.165 e. The van der Waals surface area contributed by atoms with Crippen LogP contribution >= 0.6 is 11.3 Å². The molecule has 5 nitrogen and oxygen atoms in total. The monoisotopic (exact) mass is 750 g/mol. The van der Waals surface area contributed by atoms with Crippen LogP contribution in [-0.2, 0) is 0 Å². The van der Waals surface area contributed by atoms with Crippen molar-refractivity contribution in [2.24, 2.45) is 9.98 Å². The molecule has 2 N–H and O–H groups in total. The van der Waals surface area contributed by atoms with Gasteiger partial charge in [0.1, 0.15) is 11.2 Å². The van der Waals surface area contributed by atoms with Gasteiger partial charge in [0.25, 0.3) is 0 Å². The molecule has 0 bridgehead atoms. The van der Waals surface area contributed by atoms with Crippen LogP contribution < -0.4 is 5.32 Å². The fraction of sp³-hybridized carbons (Fsp3) is 0. The molecule has 8 aromatic carbocycles. The molecule has 0 atom stereocenters. The van der Waals surface area contributed by atoms with Crippen LogP contribution in [0.25, 0.3) is 64.4 Å². The van der Waals surface area contributed by atoms with Gasteiger partial charge in [0.15, 0.2) is 11.7 Å². The quantitative estimate of drug-likeness (QED) is 0.126. The molecule has 2 heterocycles. The second kappa shape index (κ2) is 14.7. The third kappa shape index (κ3) is 6.58. The maximum atomic E-state index is 8.88. The van der Waals surface area contributed by atoms with Crippen LogP contribution in [0.15, 0.2) is 202 Å². The Labute approximate surface area is 333 Å². The number of nitrogens with one attached hydrogen (secondary N) is 2. The average molecular weight is 751 g/mol. The first-order valence-electron chi connectivity index (χ1n) is 18.8. The fourth-order valence-corrected chi connectivity index (χ4v) is 8.57. The van der Waals surface area contributed by atoms with E-state index in [1.807, 2.05) is 96.3 Å². The number of benzene rings is 8. The SMILES string of the molecule is N=C(/N=C(\N=C\c1ccccc1)c1cccc2c1oc1cccc(-c3ccc4sc5ccc(Nc6ccccc6-c6ccccc6)cc5c4c3)c12)c1ccccc1. The highest BCUT2D eigenvalue weighted by Crippen LogP contribution is 2.42. The van der Waals surface area contributed by atoms with Crippen molar-refractivity contribution in [3.05, 3.63) is 205 Å². The van der Waals surface area contributed by atoms with Crippen molar-refractivity contribution >= 4 is 82.7 Å². The number of amidine groups is 2. The van der Waals surface area contributed by atoms with Gasteiger partial charge < -0.3 is 9.73 Å². The molecule has 0 aliphatic carbocycles. The first-order valence-corrected chi connectivity index (χ1v) is 19.6. The molecular weight excluding hydrogens is 717 g/mol. The standard InChI is InChI=1S/C51H34N4OS/c52-50(35-18-8-3-9-19-35)55-51(53-32-33-14-4-1-5-15-33)41-23-12-22-40-48-39(21-13-25-45(48)56-49(40)41)36-26-28-46-42(30-36)43-31-37(27-29-47(43)57-46)54-44-24-11-10-20-38(44)34-16-6-2-7-17-34/h1-32,52,54H/b52-50?,53-32+,55-51-. The highest BCUT2D eigenvalue weighted by atomic mass is 32.1. The first-order chi connectivity index (χ1) is 28.2. The molecule has 10 rings (SSSR count). The minimum absolute atomic E-state index is 0.125. The normalized spacial score (nSPS) is 12.0. The number of rotatable bonds is 7. The number of thiophene rings is 1. The van der Waals surface area contributed by atoms with Crippen LogP contribution in [0.4, 0.5) is 11.4 Å². The Bertz CT molecular complexity index is 3160. The van der Waals surface area contributed by atoms with Crippen LogP contribution in [0.2, 0.25) is 0 Å². The van der Waals surface area contributed by atoms with Crippen LogP contribution in [0.5, 0.6) is 0 Å². The van der Waals surface area contributed by atoms with Gasteiger partial charge in [0.2, 0.25) is 0 Å². The molecule has 0 saturated heterocycles. The van der Waals surface area contributed by atoms with Crippen molar-refractivity contribution in [3.63, 3.8) is 0 Å². The summed E-state index contributed by atoms with van der Waals surface area (Å²) in [6, 6.07) is 64.1. The van der Waals surface area contributed by atoms with Crippen molar-refractivity contribution in [2.75, 3.05) is 5.32 Å². The number of hydrogen-bond donors (Lipinski definition) is 2. The summed E-state index contributed by atoms with van der Waals surface area (Å²) in [5.41, 5.74) is 10.5. The van der Waals surface area contributed by atoms with Gasteiger partial charge in [-0.15, -0.1) is 11.3 Å². The van der Waals surface area contributed by atoms with E-state index in [0.717, 1.165) is 55.5 Å². The number of hydrogen-bond acceptors (Lipinski definition) is 4. The summed E-state index contributed by atoms with van der Waals surface area (Å²) in [5.74, 6) is 0.528. The fourth-order valence-electron chi connectivity index (χ4n) is 7.50. The lowest BCUT2D eigenvalue weighted by Gasteiger charge is -2.12. The predicted molar refractivity (Wildman–Crippen MR) is 241 cm³/mol. The van der Waals surface area contributed by atoms with Gasteiger partial charge in [-0.1, -0.05) is 140 Å². The molecule has 0 radical (unpaired) electrons. The van der Waals surface area contributed by atoms with Gasteiger partial charge in [-0.2, -0.15) is 0 Å². The zero-order valence-corrected chi connectivity index (χ0v) is 31.5. The number of fused-ring (bicyclic) bond motifs is 6. The van der Waals surface area contributed by atoms with Crippen molar-refractivity contribution in [1.82, 2.24) is 0 Å². The van der Waals surface area contributed by atoms with E-state index in [1.165, 1.54) is 25.7 Å². The Morgan fingerprint density at radius 3 is 2.09 bits per heavy atom. The Kier molecular flexibility index (Phi) is 8.78.